The van der Waals surface area contributed by atoms with Crippen LogP contribution >= 0.6 is 11.3 Å². The number of carbonyl (C=O) groups excluding carboxylic acids is 1. The van der Waals surface area contributed by atoms with Gasteiger partial charge in [0.15, 0.2) is 5.13 Å². The molecule has 0 spiro atoms. The molecule has 0 unspecified atom stereocenters. The highest BCUT2D eigenvalue weighted by atomic mass is 32.2. The largest absolute Gasteiger partial charge is 0.278 e. The Morgan fingerprint density at radius 1 is 0.974 bits per heavy atom. The van der Waals surface area contributed by atoms with Crippen LogP contribution < -0.4 is 9.21 Å². The number of hydrogen-bond donors (Lipinski definition) is 0. The fraction of sp³-hybridized carbons (Fsp3) is 0.167. The monoisotopic (exact) mass is 554 g/mol. The Balaban J connectivity index is 1.33. The van der Waals surface area contributed by atoms with Crippen LogP contribution in [-0.4, -0.2) is 30.8 Å². The van der Waals surface area contributed by atoms with Crippen LogP contribution in [0.2, 0.25) is 0 Å². The number of amides is 1. The predicted octanol–water partition coefficient (Wildman–Crippen LogP) is 5.91. The highest BCUT2D eigenvalue weighted by Crippen LogP contribution is 2.34. The standard InChI is InChI=1S/C30H26N4O3S2/c1-20-17-26-28(18-21(20)2)38-30(32-26)33(19-24-8-5-6-15-31-24)29(35)23-10-12-25(13-11-23)39(36,37)34-16-14-22-7-3-4-9-27(22)34/h3-13,15,17-18H,14,16,19H2,1-2H3. The van der Waals surface area contributed by atoms with Gasteiger partial charge in [-0.3, -0.25) is 19.0 Å². The van der Waals surface area contributed by atoms with Gasteiger partial charge in [-0.2, -0.15) is 0 Å². The predicted molar refractivity (Wildman–Crippen MR) is 155 cm³/mol. The van der Waals surface area contributed by atoms with Crippen molar-refractivity contribution in [3.8, 4) is 0 Å². The summed E-state index contributed by atoms with van der Waals surface area (Å²) in [5.74, 6) is -0.274. The van der Waals surface area contributed by atoms with E-state index in [0.29, 0.717) is 29.3 Å². The molecule has 0 N–H and O–H groups in total. The van der Waals surface area contributed by atoms with E-state index in [9.17, 15) is 13.2 Å². The van der Waals surface area contributed by atoms with E-state index in [0.717, 1.165) is 32.6 Å². The second-order valence-electron chi connectivity index (χ2n) is 9.59. The summed E-state index contributed by atoms with van der Waals surface area (Å²) in [6.45, 7) is 4.74. The van der Waals surface area contributed by atoms with Gasteiger partial charge in [-0.25, -0.2) is 13.4 Å². The van der Waals surface area contributed by atoms with Gasteiger partial charge in [0, 0.05) is 18.3 Å². The molecular formula is C30H26N4O3S2. The van der Waals surface area contributed by atoms with Crippen molar-refractivity contribution in [2.75, 3.05) is 15.7 Å². The molecule has 0 saturated heterocycles. The van der Waals surface area contributed by atoms with Crippen LogP contribution in [0, 0.1) is 13.8 Å². The summed E-state index contributed by atoms with van der Waals surface area (Å²) in [5.41, 5.74) is 5.96. The molecule has 0 saturated carbocycles. The Kier molecular flexibility index (Phi) is 6.40. The maximum atomic E-state index is 13.8. The number of pyridine rings is 1. The number of aryl methyl sites for hydroxylation is 2. The second-order valence-corrected chi connectivity index (χ2v) is 12.5. The Bertz CT molecular complexity index is 1760. The van der Waals surface area contributed by atoms with Gasteiger partial charge in [-0.15, -0.1) is 0 Å². The molecule has 1 amide bonds. The van der Waals surface area contributed by atoms with Crippen molar-refractivity contribution >= 4 is 48.3 Å². The van der Waals surface area contributed by atoms with Gasteiger partial charge in [0.2, 0.25) is 0 Å². The van der Waals surface area contributed by atoms with E-state index in [2.05, 4.69) is 18.0 Å². The number of para-hydroxylation sites is 1. The molecule has 0 radical (unpaired) electrons. The Morgan fingerprint density at radius 2 is 1.72 bits per heavy atom. The molecule has 5 aromatic rings. The number of aromatic nitrogens is 2. The summed E-state index contributed by atoms with van der Waals surface area (Å²) in [7, 11) is -3.75. The maximum Gasteiger partial charge on any atom is 0.264 e. The van der Waals surface area contributed by atoms with Gasteiger partial charge in [0.1, 0.15) is 0 Å². The van der Waals surface area contributed by atoms with E-state index in [1.807, 2.05) is 55.5 Å². The fourth-order valence-corrected chi connectivity index (χ4v) is 7.32. The summed E-state index contributed by atoms with van der Waals surface area (Å²) >= 11 is 1.45. The number of nitrogens with zero attached hydrogens (tertiary/aromatic N) is 4. The lowest BCUT2D eigenvalue weighted by atomic mass is 10.1. The van der Waals surface area contributed by atoms with Gasteiger partial charge < -0.3 is 0 Å². The third-order valence-electron chi connectivity index (χ3n) is 7.05. The Morgan fingerprint density at radius 3 is 2.49 bits per heavy atom. The number of hydrogen-bond acceptors (Lipinski definition) is 6. The fourth-order valence-electron chi connectivity index (χ4n) is 4.77. The molecule has 7 nitrogen and oxygen atoms in total. The Labute approximate surface area is 231 Å². The number of anilines is 2. The van der Waals surface area contributed by atoms with Gasteiger partial charge in [-0.1, -0.05) is 35.6 Å². The minimum absolute atomic E-state index is 0.151. The third-order valence-corrected chi connectivity index (χ3v) is 9.92. The van der Waals surface area contributed by atoms with Crippen LogP contribution in [0.3, 0.4) is 0 Å². The molecule has 196 valence electrons. The molecule has 2 aromatic heterocycles. The average Bonchev–Trinajstić information content (AvgIpc) is 3.57. The third kappa shape index (κ3) is 4.68. The summed E-state index contributed by atoms with van der Waals surface area (Å²) < 4.78 is 29.3. The van der Waals surface area contributed by atoms with Gasteiger partial charge >= 0.3 is 0 Å². The molecule has 0 aliphatic carbocycles. The van der Waals surface area contributed by atoms with Gasteiger partial charge in [-0.05, 0) is 91.6 Å². The lowest BCUT2D eigenvalue weighted by Crippen LogP contribution is -2.31. The van der Waals surface area contributed by atoms with E-state index in [1.165, 1.54) is 27.8 Å². The van der Waals surface area contributed by atoms with Crippen LogP contribution in [0.1, 0.15) is 32.7 Å². The zero-order valence-corrected chi connectivity index (χ0v) is 23.2. The van der Waals surface area contributed by atoms with Crippen LogP contribution in [0.25, 0.3) is 10.2 Å². The van der Waals surface area contributed by atoms with Crippen LogP contribution in [0.4, 0.5) is 10.8 Å². The minimum Gasteiger partial charge on any atom is -0.278 e. The van der Waals surface area contributed by atoms with Crippen molar-refractivity contribution in [3.63, 3.8) is 0 Å². The molecule has 0 atom stereocenters. The van der Waals surface area contributed by atoms with Crippen LogP contribution in [0.5, 0.6) is 0 Å². The van der Waals surface area contributed by atoms with E-state index in [1.54, 1.807) is 23.2 Å². The number of benzene rings is 3. The Hall–Kier alpha value is -4.08. The van der Waals surface area contributed by atoms with E-state index >= 15 is 0 Å². The number of sulfonamides is 1. The first kappa shape index (κ1) is 25.2. The average molecular weight is 555 g/mol. The minimum atomic E-state index is -3.75. The van der Waals surface area contributed by atoms with Crippen molar-refractivity contribution in [1.29, 1.82) is 0 Å². The van der Waals surface area contributed by atoms with Crippen molar-refractivity contribution in [1.82, 2.24) is 9.97 Å². The molecule has 6 rings (SSSR count). The molecule has 39 heavy (non-hydrogen) atoms. The highest BCUT2D eigenvalue weighted by Gasteiger charge is 2.31. The smallest absolute Gasteiger partial charge is 0.264 e. The van der Waals surface area contributed by atoms with E-state index in [-0.39, 0.29) is 17.3 Å². The lowest BCUT2D eigenvalue weighted by molar-refractivity contribution is 0.0984. The summed E-state index contributed by atoms with van der Waals surface area (Å²) in [5, 5.41) is 0.566. The molecule has 0 bridgehead atoms. The lowest BCUT2D eigenvalue weighted by Gasteiger charge is -2.21. The molecule has 0 fully saturated rings. The maximum absolute atomic E-state index is 13.8. The van der Waals surface area contributed by atoms with Gasteiger partial charge in [0.25, 0.3) is 15.9 Å². The second kappa shape index (κ2) is 9.91. The van der Waals surface area contributed by atoms with Crippen LogP contribution in [0.15, 0.2) is 90.0 Å². The molecule has 1 aliphatic heterocycles. The molecule has 9 heteroatoms. The number of fused-ring (bicyclic) bond motifs is 2. The molecule has 3 heterocycles. The van der Waals surface area contributed by atoms with E-state index < -0.39 is 10.0 Å². The SMILES string of the molecule is Cc1cc2nc(N(Cc3ccccn3)C(=O)c3ccc(S(=O)(=O)N4CCc5ccccc54)cc3)sc2cc1C. The number of carbonyl (C=O) groups is 1. The summed E-state index contributed by atoms with van der Waals surface area (Å²) in [6.07, 6.45) is 2.37. The quantitative estimate of drug-likeness (QED) is 0.261. The zero-order chi connectivity index (χ0) is 27.1. The van der Waals surface area contributed by atoms with E-state index in [4.69, 9.17) is 4.98 Å². The van der Waals surface area contributed by atoms with Crippen molar-refractivity contribution in [3.05, 3.63) is 113 Å². The van der Waals surface area contributed by atoms with Crippen molar-refractivity contribution < 1.29 is 13.2 Å². The summed E-state index contributed by atoms with van der Waals surface area (Å²) in [4.78, 5) is 24.8. The first-order valence-electron chi connectivity index (χ1n) is 12.6. The van der Waals surface area contributed by atoms with Gasteiger partial charge in [0.05, 0.1) is 33.0 Å². The van der Waals surface area contributed by atoms with Crippen LogP contribution in [-0.2, 0) is 23.0 Å². The van der Waals surface area contributed by atoms with Crippen molar-refractivity contribution in [2.24, 2.45) is 0 Å². The molecule has 3 aromatic carbocycles. The summed E-state index contributed by atoms with van der Waals surface area (Å²) in [6, 6.07) is 23.4. The number of thiazole rings is 1. The first-order valence-corrected chi connectivity index (χ1v) is 14.9. The first-order chi connectivity index (χ1) is 18.8. The topological polar surface area (TPSA) is 83.5 Å². The zero-order valence-electron chi connectivity index (χ0n) is 21.5. The molecule has 1 aliphatic rings. The van der Waals surface area contributed by atoms with Crippen molar-refractivity contribution in [2.45, 2.75) is 31.7 Å². The number of rotatable bonds is 6. The molecular weight excluding hydrogens is 528 g/mol. The normalized spacial score (nSPS) is 13.0. The highest BCUT2D eigenvalue weighted by molar-refractivity contribution is 7.92.